The average molecular weight is 431 g/mol. The Labute approximate surface area is 182 Å². The van der Waals surface area contributed by atoms with Crippen LogP contribution in [0.4, 0.5) is 0 Å². The normalized spacial score (nSPS) is 12.3. The highest BCUT2D eigenvalue weighted by Gasteiger charge is 2.41. The van der Waals surface area contributed by atoms with Crippen molar-refractivity contribution >= 4 is 14.7 Å². The molecule has 1 amide bonds. The zero-order chi connectivity index (χ0) is 22.0. The number of hydrogen-bond acceptors (Lipinski definition) is 4. The minimum Gasteiger partial charge on any atom is -0.374 e. The Morgan fingerprint density at radius 2 is 1.48 bits per heavy atom. The van der Waals surface area contributed by atoms with Gasteiger partial charge in [0.1, 0.15) is 0 Å². The fourth-order valence-electron chi connectivity index (χ4n) is 3.28. The lowest BCUT2D eigenvalue weighted by molar-refractivity contribution is -0.121. The molecule has 0 atom stereocenters. The maximum Gasteiger partial charge on any atom is 0.500 e. The molecule has 6 heteroatoms. The summed E-state index contributed by atoms with van der Waals surface area (Å²) < 4.78 is 17.8. The molecule has 0 aliphatic rings. The van der Waals surface area contributed by atoms with Gasteiger partial charge >= 0.3 is 8.80 Å². The third kappa shape index (κ3) is 15.1. The van der Waals surface area contributed by atoms with E-state index in [1.54, 1.807) is 0 Å². The minimum absolute atomic E-state index is 0.0256. The molecule has 0 aliphatic carbocycles. The van der Waals surface area contributed by atoms with E-state index in [0.717, 1.165) is 25.3 Å². The van der Waals surface area contributed by atoms with Crippen LogP contribution in [0.1, 0.15) is 99.3 Å². The molecular formula is C23H48NO4Si. The van der Waals surface area contributed by atoms with Gasteiger partial charge in [-0.1, -0.05) is 59.3 Å². The standard InChI is InChI=1S/C23H48NO4Si/c1-7-11-12-13-14-15-16-17-18-22(25)24-21-23(5,6)19-20-29(26-8-2,27-9-3)28-10-4/h16H,7-15,17-21H2,1-6H3,(H,24,25). The number of hydrogen-bond donors (Lipinski definition) is 1. The van der Waals surface area contributed by atoms with Crippen LogP contribution < -0.4 is 5.32 Å². The number of carbonyl (C=O) groups is 1. The number of carbonyl (C=O) groups excluding carboxylic acids is 1. The molecule has 0 aromatic rings. The van der Waals surface area contributed by atoms with Gasteiger partial charge in [0.25, 0.3) is 0 Å². The van der Waals surface area contributed by atoms with Gasteiger partial charge in [-0.15, -0.1) is 0 Å². The van der Waals surface area contributed by atoms with Gasteiger partial charge in [0, 0.05) is 38.8 Å². The summed E-state index contributed by atoms with van der Waals surface area (Å²) in [5.74, 6) is 0.142. The van der Waals surface area contributed by atoms with Crippen LogP contribution in [-0.4, -0.2) is 41.1 Å². The molecule has 0 aromatic carbocycles. The van der Waals surface area contributed by atoms with Gasteiger partial charge in [0.05, 0.1) is 0 Å². The zero-order valence-corrected chi connectivity index (χ0v) is 21.1. The van der Waals surface area contributed by atoms with Gasteiger partial charge in [0.2, 0.25) is 5.91 Å². The Kier molecular flexibility index (Phi) is 17.0. The quantitative estimate of drug-likeness (QED) is 0.193. The summed E-state index contributed by atoms with van der Waals surface area (Å²) in [5, 5.41) is 3.11. The zero-order valence-electron chi connectivity index (χ0n) is 20.1. The molecule has 0 rings (SSSR count). The Balaban J connectivity index is 4.14. The van der Waals surface area contributed by atoms with Gasteiger partial charge < -0.3 is 18.6 Å². The number of rotatable bonds is 20. The first kappa shape index (κ1) is 28.6. The van der Waals surface area contributed by atoms with E-state index in [9.17, 15) is 4.79 Å². The van der Waals surface area contributed by atoms with Crippen molar-refractivity contribution in [3.8, 4) is 0 Å². The summed E-state index contributed by atoms with van der Waals surface area (Å²) >= 11 is 0. The summed E-state index contributed by atoms with van der Waals surface area (Å²) in [6.07, 6.45) is 12.2. The van der Waals surface area contributed by atoms with Gasteiger partial charge in [0.15, 0.2) is 0 Å². The Morgan fingerprint density at radius 3 is 2.03 bits per heavy atom. The minimum atomic E-state index is -2.62. The van der Waals surface area contributed by atoms with E-state index in [0.29, 0.717) is 32.8 Å². The predicted molar refractivity (Wildman–Crippen MR) is 124 cm³/mol. The smallest absolute Gasteiger partial charge is 0.374 e. The van der Waals surface area contributed by atoms with Crippen molar-refractivity contribution in [2.24, 2.45) is 5.41 Å². The first-order valence-corrected chi connectivity index (χ1v) is 13.8. The van der Waals surface area contributed by atoms with Gasteiger partial charge in [-0.25, -0.2) is 0 Å². The maximum atomic E-state index is 12.2. The first-order chi connectivity index (χ1) is 13.8. The number of nitrogens with one attached hydrogen (secondary N) is 1. The fourth-order valence-corrected chi connectivity index (χ4v) is 6.26. The molecule has 0 fully saturated rings. The van der Waals surface area contributed by atoms with Crippen LogP contribution in [0.3, 0.4) is 0 Å². The van der Waals surface area contributed by atoms with Crippen LogP contribution >= 0.6 is 0 Å². The Bertz CT molecular complexity index is 387. The molecule has 0 saturated heterocycles. The van der Waals surface area contributed by atoms with Crippen LogP contribution in [0.25, 0.3) is 0 Å². The third-order valence-electron chi connectivity index (χ3n) is 5.05. The van der Waals surface area contributed by atoms with Crippen LogP contribution in [0.5, 0.6) is 0 Å². The van der Waals surface area contributed by atoms with Crippen molar-refractivity contribution in [2.75, 3.05) is 26.4 Å². The fraction of sp³-hybridized carbons (Fsp3) is 0.913. The molecule has 173 valence electrons. The summed E-state index contributed by atoms with van der Waals surface area (Å²) in [6.45, 7) is 15.0. The van der Waals surface area contributed by atoms with E-state index in [-0.39, 0.29) is 11.3 Å². The lowest BCUT2D eigenvalue weighted by atomic mass is 9.90. The van der Waals surface area contributed by atoms with Gasteiger partial charge in [-0.2, -0.15) is 0 Å². The lowest BCUT2D eigenvalue weighted by Crippen LogP contribution is -2.47. The van der Waals surface area contributed by atoms with Crippen LogP contribution in [0, 0.1) is 11.8 Å². The van der Waals surface area contributed by atoms with Crippen molar-refractivity contribution in [1.29, 1.82) is 0 Å². The molecule has 0 aliphatic heterocycles. The summed E-state index contributed by atoms with van der Waals surface area (Å²) in [7, 11) is -2.62. The molecule has 1 N–H and O–H groups in total. The van der Waals surface area contributed by atoms with Crippen molar-refractivity contribution in [3.05, 3.63) is 6.42 Å². The molecule has 0 spiro atoms. The van der Waals surface area contributed by atoms with E-state index in [1.807, 2.05) is 20.8 Å². The molecule has 0 heterocycles. The van der Waals surface area contributed by atoms with Gasteiger partial charge in [-0.3, -0.25) is 4.79 Å². The topological polar surface area (TPSA) is 56.8 Å². The van der Waals surface area contributed by atoms with Crippen LogP contribution in [0.2, 0.25) is 6.04 Å². The van der Waals surface area contributed by atoms with E-state index in [1.165, 1.54) is 32.1 Å². The second-order valence-electron chi connectivity index (χ2n) is 8.45. The summed E-state index contributed by atoms with van der Waals surface area (Å²) in [6, 6.07) is 0.775. The average Bonchev–Trinajstić information content (AvgIpc) is 2.68. The molecule has 5 nitrogen and oxygen atoms in total. The SMILES string of the molecule is CCCCCCC[CH]CCC(=O)NCC(C)(C)CC[Si](OCC)(OCC)OCC. The van der Waals surface area contributed by atoms with Gasteiger partial charge in [-0.05, 0) is 45.4 Å². The molecule has 0 saturated carbocycles. The lowest BCUT2D eigenvalue weighted by Gasteiger charge is -2.32. The van der Waals surface area contributed by atoms with Crippen molar-refractivity contribution in [1.82, 2.24) is 5.32 Å². The second-order valence-corrected chi connectivity index (χ2v) is 11.2. The largest absolute Gasteiger partial charge is 0.500 e. The molecule has 1 radical (unpaired) electrons. The van der Waals surface area contributed by atoms with E-state index in [2.05, 4.69) is 32.5 Å². The Hall–Kier alpha value is -0.433. The third-order valence-corrected chi connectivity index (χ3v) is 8.10. The van der Waals surface area contributed by atoms with E-state index >= 15 is 0 Å². The molecular weight excluding hydrogens is 382 g/mol. The van der Waals surface area contributed by atoms with E-state index in [4.69, 9.17) is 13.3 Å². The maximum absolute atomic E-state index is 12.2. The highest BCUT2D eigenvalue weighted by atomic mass is 28.4. The highest BCUT2D eigenvalue weighted by molar-refractivity contribution is 6.60. The number of unbranched alkanes of at least 4 members (excludes halogenated alkanes) is 7. The summed E-state index contributed by atoms with van der Waals surface area (Å²) in [5.41, 5.74) is -0.0256. The molecule has 0 bridgehead atoms. The Morgan fingerprint density at radius 1 is 0.897 bits per heavy atom. The molecule has 29 heavy (non-hydrogen) atoms. The highest BCUT2D eigenvalue weighted by Crippen LogP contribution is 2.28. The van der Waals surface area contributed by atoms with Crippen molar-refractivity contribution in [3.63, 3.8) is 0 Å². The second kappa shape index (κ2) is 17.3. The molecule has 0 aromatic heterocycles. The van der Waals surface area contributed by atoms with E-state index < -0.39 is 8.80 Å². The monoisotopic (exact) mass is 430 g/mol. The first-order valence-electron chi connectivity index (χ1n) is 11.8. The molecule has 0 unspecified atom stereocenters. The number of amides is 1. The van der Waals surface area contributed by atoms with Crippen molar-refractivity contribution in [2.45, 2.75) is 105 Å². The summed E-state index contributed by atoms with van der Waals surface area (Å²) in [4.78, 5) is 12.2. The predicted octanol–water partition coefficient (Wildman–Crippen LogP) is 5.91. The van der Waals surface area contributed by atoms with Crippen molar-refractivity contribution < 1.29 is 18.1 Å². The van der Waals surface area contributed by atoms with Crippen LogP contribution in [0.15, 0.2) is 0 Å². The van der Waals surface area contributed by atoms with Crippen LogP contribution in [-0.2, 0) is 18.1 Å².